The van der Waals surface area contributed by atoms with E-state index in [1.165, 1.54) is 12.8 Å². The van der Waals surface area contributed by atoms with Gasteiger partial charge in [0.2, 0.25) is 5.91 Å². The summed E-state index contributed by atoms with van der Waals surface area (Å²) in [6.45, 7) is 10.0. The van der Waals surface area contributed by atoms with Crippen LogP contribution in [0.4, 0.5) is 0 Å². The lowest BCUT2D eigenvalue weighted by Gasteiger charge is -2.38. The van der Waals surface area contributed by atoms with Gasteiger partial charge in [0.1, 0.15) is 0 Å². The van der Waals surface area contributed by atoms with Gasteiger partial charge in [-0.15, -0.1) is 0 Å². The lowest BCUT2D eigenvalue weighted by molar-refractivity contribution is -0.125. The monoisotopic (exact) mass is 266 g/mol. The van der Waals surface area contributed by atoms with Crippen molar-refractivity contribution in [1.29, 1.82) is 0 Å². The molecule has 1 saturated carbocycles. The SMILES string of the molecule is CC1CCC(C(C)C)C(NC(=O)C2NCCC2C)C1. The molecule has 3 nitrogen and oxygen atoms in total. The van der Waals surface area contributed by atoms with Crippen molar-refractivity contribution >= 4 is 5.91 Å². The largest absolute Gasteiger partial charge is 0.352 e. The molecule has 0 aromatic carbocycles. The smallest absolute Gasteiger partial charge is 0.237 e. The lowest BCUT2D eigenvalue weighted by Crippen LogP contribution is -2.52. The van der Waals surface area contributed by atoms with Crippen LogP contribution in [0.5, 0.6) is 0 Å². The van der Waals surface area contributed by atoms with E-state index in [4.69, 9.17) is 0 Å². The topological polar surface area (TPSA) is 41.1 Å². The second-order valence-electron chi connectivity index (χ2n) is 7.14. The molecule has 1 amide bonds. The second kappa shape index (κ2) is 6.25. The zero-order chi connectivity index (χ0) is 14.0. The van der Waals surface area contributed by atoms with Crippen molar-refractivity contribution in [3.05, 3.63) is 0 Å². The predicted octanol–water partition coefficient (Wildman–Crippen LogP) is 2.56. The Balaban J connectivity index is 1.96. The Morgan fingerprint density at radius 1 is 1.21 bits per heavy atom. The highest BCUT2D eigenvalue weighted by atomic mass is 16.2. The summed E-state index contributed by atoms with van der Waals surface area (Å²) in [7, 11) is 0. The molecule has 2 rings (SSSR count). The third kappa shape index (κ3) is 3.50. The van der Waals surface area contributed by atoms with Gasteiger partial charge in [0, 0.05) is 6.04 Å². The van der Waals surface area contributed by atoms with E-state index in [1.807, 2.05) is 0 Å². The van der Waals surface area contributed by atoms with Crippen LogP contribution < -0.4 is 10.6 Å². The van der Waals surface area contributed by atoms with Crippen LogP contribution in [0.2, 0.25) is 0 Å². The van der Waals surface area contributed by atoms with Crippen molar-refractivity contribution in [3.63, 3.8) is 0 Å². The number of carbonyl (C=O) groups is 1. The van der Waals surface area contributed by atoms with E-state index in [9.17, 15) is 4.79 Å². The van der Waals surface area contributed by atoms with Gasteiger partial charge in [0.25, 0.3) is 0 Å². The highest BCUT2D eigenvalue weighted by molar-refractivity contribution is 5.82. The molecule has 1 heterocycles. The van der Waals surface area contributed by atoms with E-state index < -0.39 is 0 Å². The molecule has 2 fully saturated rings. The number of hydrogen-bond acceptors (Lipinski definition) is 2. The van der Waals surface area contributed by atoms with Gasteiger partial charge in [-0.2, -0.15) is 0 Å². The highest BCUT2D eigenvalue weighted by Gasteiger charge is 2.35. The Kier molecular flexibility index (Phi) is 4.88. The minimum absolute atomic E-state index is 0.0324. The van der Waals surface area contributed by atoms with E-state index >= 15 is 0 Å². The summed E-state index contributed by atoms with van der Waals surface area (Å²) < 4.78 is 0. The Bertz CT molecular complexity index is 316. The van der Waals surface area contributed by atoms with Crippen LogP contribution in [0.3, 0.4) is 0 Å². The Morgan fingerprint density at radius 3 is 2.53 bits per heavy atom. The fourth-order valence-corrected chi connectivity index (χ4v) is 3.83. The molecule has 1 aliphatic heterocycles. The molecule has 1 aliphatic carbocycles. The number of carbonyl (C=O) groups excluding carboxylic acids is 1. The van der Waals surface area contributed by atoms with Crippen molar-refractivity contribution in [2.24, 2.45) is 23.7 Å². The number of nitrogens with one attached hydrogen (secondary N) is 2. The molecule has 2 N–H and O–H groups in total. The van der Waals surface area contributed by atoms with Gasteiger partial charge in [-0.3, -0.25) is 4.79 Å². The summed E-state index contributed by atoms with van der Waals surface area (Å²) in [5, 5.41) is 6.69. The van der Waals surface area contributed by atoms with E-state index in [0.29, 0.717) is 23.8 Å². The van der Waals surface area contributed by atoms with Crippen LogP contribution in [-0.4, -0.2) is 24.5 Å². The van der Waals surface area contributed by atoms with Gasteiger partial charge in [-0.1, -0.05) is 34.1 Å². The van der Waals surface area contributed by atoms with Gasteiger partial charge in [-0.05, 0) is 49.5 Å². The van der Waals surface area contributed by atoms with Crippen molar-refractivity contribution in [3.8, 4) is 0 Å². The predicted molar refractivity (Wildman–Crippen MR) is 78.8 cm³/mol. The average Bonchev–Trinajstić information content (AvgIpc) is 2.75. The quantitative estimate of drug-likeness (QED) is 0.824. The molecule has 3 heteroatoms. The van der Waals surface area contributed by atoms with E-state index in [0.717, 1.165) is 25.3 Å². The number of amides is 1. The average molecular weight is 266 g/mol. The maximum absolute atomic E-state index is 12.4. The van der Waals surface area contributed by atoms with Gasteiger partial charge in [0.05, 0.1) is 6.04 Å². The fourth-order valence-electron chi connectivity index (χ4n) is 3.83. The Hall–Kier alpha value is -0.570. The van der Waals surface area contributed by atoms with Crippen molar-refractivity contribution in [2.45, 2.75) is 65.5 Å². The molecule has 0 bridgehead atoms. The van der Waals surface area contributed by atoms with Crippen molar-refractivity contribution in [2.75, 3.05) is 6.54 Å². The van der Waals surface area contributed by atoms with Crippen LogP contribution in [0.1, 0.15) is 53.4 Å². The van der Waals surface area contributed by atoms with Crippen LogP contribution in [-0.2, 0) is 4.79 Å². The maximum Gasteiger partial charge on any atom is 0.237 e. The van der Waals surface area contributed by atoms with E-state index in [-0.39, 0.29) is 11.9 Å². The van der Waals surface area contributed by atoms with Gasteiger partial charge < -0.3 is 10.6 Å². The molecule has 0 aromatic rings. The molecule has 19 heavy (non-hydrogen) atoms. The van der Waals surface area contributed by atoms with Crippen LogP contribution in [0, 0.1) is 23.7 Å². The van der Waals surface area contributed by atoms with Crippen LogP contribution in [0.25, 0.3) is 0 Å². The first-order chi connectivity index (χ1) is 8.99. The molecule has 1 saturated heterocycles. The Morgan fingerprint density at radius 2 is 1.95 bits per heavy atom. The minimum Gasteiger partial charge on any atom is -0.352 e. The number of hydrogen-bond donors (Lipinski definition) is 2. The highest BCUT2D eigenvalue weighted by Crippen LogP contribution is 2.33. The molecule has 5 atom stereocenters. The van der Waals surface area contributed by atoms with Crippen molar-refractivity contribution < 1.29 is 4.79 Å². The summed E-state index contributed by atoms with van der Waals surface area (Å²) in [5.74, 6) is 2.76. The van der Waals surface area contributed by atoms with Crippen molar-refractivity contribution in [1.82, 2.24) is 10.6 Å². The van der Waals surface area contributed by atoms with Gasteiger partial charge in [-0.25, -0.2) is 0 Å². The minimum atomic E-state index is 0.0324. The van der Waals surface area contributed by atoms with E-state index in [2.05, 4.69) is 38.3 Å². The maximum atomic E-state index is 12.4. The first-order valence-corrected chi connectivity index (χ1v) is 8.02. The lowest BCUT2D eigenvalue weighted by atomic mass is 9.74. The summed E-state index contributed by atoms with van der Waals surface area (Å²) in [6, 6.07) is 0.413. The van der Waals surface area contributed by atoms with Crippen LogP contribution >= 0.6 is 0 Å². The van der Waals surface area contributed by atoms with Gasteiger partial charge in [0.15, 0.2) is 0 Å². The molecule has 2 aliphatic rings. The second-order valence-corrected chi connectivity index (χ2v) is 7.14. The summed E-state index contributed by atoms with van der Waals surface area (Å²) in [6.07, 6.45) is 4.84. The molecular formula is C16H30N2O. The van der Waals surface area contributed by atoms with Crippen LogP contribution in [0.15, 0.2) is 0 Å². The third-order valence-electron chi connectivity index (χ3n) is 5.17. The first kappa shape index (κ1) is 14.8. The zero-order valence-electron chi connectivity index (χ0n) is 12.9. The fraction of sp³-hybridized carbons (Fsp3) is 0.938. The number of rotatable bonds is 3. The Labute approximate surface area is 117 Å². The first-order valence-electron chi connectivity index (χ1n) is 8.02. The molecule has 0 radical (unpaired) electrons. The molecule has 110 valence electrons. The summed E-state index contributed by atoms with van der Waals surface area (Å²) in [5.41, 5.74) is 0. The standard InChI is InChI=1S/C16H30N2O/c1-10(2)13-6-5-11(3)9-14(13)18-16(19)15-12(4)7-8-17-15/h10-15,17H,5-9H2,1-4H3,(H,18,19). The molecule has 5 unspecified atom stereocenters. The van der Waals surface area contributed by atoms with Gasteiger partial charge >= 0.3 is 0 Å². The summed E-state index contributed by atoms with van der Waals surface area (Å²) in [4.78, 5) is 12.4. The molecule has 0 spiro atoms. The normalized spacial score (nSPS) is 39.5. The molecule has 0 aromatic heterocycles. The third-order valence-corrected chi connectivity index (χ3v) is 5.17. The zero-order valence-corrected chi connectivity index (χ0v) is 12.9. The summed E-state index contributed by atoms with van der Waals surface area (Å²) >= 11 is 0. The molecular weight excluding hydrogens is 236 g/mol. The van der Waals surface area contributed by atoms with E-state index in [1.54, 1.807) is 0 Å².